The molecule has 1 aromatic carbocycles. The highest BCUT2D eigenvalue weighted by Crippen LogP contribution is 2.11. The van der Waals surface area contributed by atoms with E-state index in [-0.39, 0.29) is 6.10 Å². The first kappa shape index (κ1) is 17.2. The van der Waals surface area contributed by atoms with Crippen molar-refractivity contribution in [1.29, 1.82) is 0 Å². The lowest BCUT2D eigenvalue weighted by Gasteiger charge is -2.25. The maximum Gasteiger partial charge on any atom is 0.0900 e. The van der Waals surface area contributed by atoms with Crippen molar-refractivity contribution in [3.8, 4) is 0 Å². The molecule has 0 radical (unpaired) electrons. The van der Waals surface area contributed by atoms with Crippen LogP contribution in [0, 0.1) is 6.92 Å². The van der Waals surface area contributed by atoms with Gasteiger partial charge in [-0.15, -0.1) is 0 Å². The van der Waals surface area contributed by atoms with E-state index in [0.29, 0.717) is 13.2 Å². The van der Waals surface area contributed by atoms with Crippen LogP contribution in [0.4, 0.5) is 0 Å². The molecule has 114 valence electrons. The molecular weight excluding hydrogens is 250 g/mol. The lowest BCUT2D eigenvalue weighted by Crippen LogP contribution is -2.35. The molecule has 0 amide bonds. The van der Waals surface area contributed by atoms with E-state index < -0.39 is 6.10 Å². The summed E-state index contributed by atoms with van der Waals surface area (Å²) in [6.07, 6.45) is 0.831. The standard InChI is InChI=1S/C17H29NO2/c1-5-10-18(12-17(19)13-20-14(2)3)11-16-9-7-6-8-15(16)4/h6-9,14,17,19H,5,10-13H2,1-4H3/t17-/m0/s1. The second-order valence-electron chi connectivity index (χ2n) is 5.70. The minimum absolute atomic E-state index is 0.167. The predicted octanol–water partition coefficient (Wildman–Crippen LogP) is 2.99. The minimum Gasteiger partial charge on any atom is -0.389 e. The number of benzene rings is 1. The summed E-state index contributed by atoms with van der Waals surface area (Å²) in [7, 11) is 0. The molecule has 3 heteroatoms. The molecule has 0 bridgehead atoms. The Bertz CT molecular complexity index is 379. The fourth-order valence-corrected chi connectivity index (χ4v) is 2.23. The van der Waals surface area contributed by atoms with Gasteiger partial charge in [-0.05, 0) is 44.9 Å². The van der Waals surface area contributed by atoms with Gasteiger partial charge in [0.1, 0.15) is 0 Å². The zero-order valence-electron chi connectivity index (χ0n) is 13.3. The molecule has 0 aliphatic heterocycles. The molecule has 1 rings (SSSR count). The highest BCUT2D eigenvalue weighted by Gasteiger charge is 2.13. The Balaban J connectivity index is 2.53. The molecule has 1 aromatic rings. The molecule has 0 heterocycles. The number of aliphatic hydroxyl groups is 1. The van der Waals surface area contributed by atoms with Crippen molar-refractivity contribution < 1.29 is 9.84 Å². The van der Waals surface area contributed by atoms with Crippen molar-refractivity contribution in [2.45, 2.75) is 52.9 Å². The molecular formula is C17H29NO2. The topological polar surface area (TPSA) is 32.7 Å². The minimum atomic E-state index is -0.423. The summed E-state index contributed by atoms with van der Waals surface area (Å²) in [4.78, 5) is 2.30. The van der Waals surface area contributed by atoms with Gasteiger partial charge in [-0.2, -0.15) is 0 Å². The van der Waals surface area contributed by atoms with Crippen LogP contribution < -0.4 is 0 Å². The number of hydrogen-bond acceptors (Lipinski definition) is 3. The van der Waals surface area contributed by atoms with Crippen LogP contribution in [0.1, 0.15) is 38.3 Å². The Hall–Kier alpha value is -0.900. The molecule has 0 aliphatic carbocycles. The smallest absolute Gasteiger partial charge is 0.0900 e. The molecule has 20 heavy (non-hydrogen) atoms. The summed E-state index contributed by atoms with van der Waals surface area (Å²) in [5.41, 5.74) is 2.64. The van der Waals surface area contributed by atoms with Crippen LogP contribution in [0.3, 0.4) is 0 Å². The Morgan fingerprint density at radius 2 is 1.95 bits per heavy atom. The number of nitrogens with zero attached hydrogens (tertiary/aromatic N) is 1. The fraction of sp³-hybridized carbons (Fsp3) is 0.647. The summed E-state index contributed by atoms with van der Waals surface area (Å²) in [6, 6.07) is 8.44. The van der Waals surface area contributed by atoms with E-state index in [1.165, 1.54) is 11.1 Å². The maximum atomic E-state index is 10.1. The van der Waals surface area contributed by atoms with Gasteiger partial charge >= 0.3 is 0 Å². The molecule has 3 nitrogen and oxygen atoms in total. The second-order valence-corrected chi connectivity index (χ2v) is 5.70. The third-order valence-corrected chi connectivity index (χ3v) is 3.29. The van der Waals surface area contributed by atoms with Gasteiger partial charge in [0.25, 0.3) is 0 Å². The Morgan fingerprint density at radius 3 is 2.55 bits per heavy atom. The summed E-state index contributed by atoms with van der Waals surface area (Å²) < 4.78 is 5.48. The molecule has 0 saturated heterocycles. The van der Waals surface area contributed by atoms with Crippen LogP contribution in [0.15, 0.2) is 24.3 Å². The molecule has 1 N–H and O–H groups in total. The molecule has 0 spiro atoms. The van der Waals surface area contributed by atoms with Crippen LogP contribution >= 0.6 is 0 Å². The number of ether oxygens (including phenoxy) is 1. The third kappa shape index (κ3) is 6.51. The fourth-order valence-electron chi connectivity index (χ4n) is 2.23. The van der Waals surface area contributed by atoms with E-state index in [2.05, 4.69) is 43.0 Å². The van der Waals surface area contributed by atoms with E-state index in [1.807, 2.05) is 13.8 Å². The molecule has 0 fully saturated rings. The summed E-state index contributed by atoms with van der Waals surface area (Å²) >= 11 is 0. The Kier molecular flexibility index (Phi) is 7.82. The van der Waals surface area contributed by atoms with Gasteiger partial charge in [-0.3, -0.25) is 4.90 Å². The van der Waals surface area contributed by atoms with Gasteiger partial charge in [0.05, 0.1) is 18.8 Å². The molecule has 0 aliphatic rings. The van der Waals surface area contributed by atoms with Crippen molar-refractivity contribution in [2.24, 2.45) is 0 Å². The first-order valence-corrected chi connectivity index (χ1v) is 7.59. The van der Waals surface area contributed by atoms with Gasteiger partial charge < -0.3 is 9.84 Å². The first-order chi connectivity index (χ1) is 9.52. The quantitative estimate of drug-likeness (QED) is 0.754. The molecule has 0 saturated carbocycles. The van der Waals surface area contributed by atoms with Crippen LogP contribution in [0.25, 0.3) is 0 Å². The van der Waals surface area contributed by atoms with Crippen molar-refractivity contribution in [3.63, 3.8) is 0 Å². The highest BCUT2D eigenvalue weighted by molar-refractivity contribution is 5.25. The zero-order chi connectivity index (χ0) is 15.0. The van der Waals surface area contributed by atoms with Crippen molar-refractivity contribution in [1.82, 2.24) is 4.90 Å². The number of aliphatic hydroxyl groups excluding tert-OH is 1. The maximum absolute atomic E-state index is 10.1. The second kappa shape index (κ2) is 9.11. The van der Waals surface area contributed by atoms with Gasteiger partial charge in [0.2, 0.25) is 0 Å². The Labute approximate surface area is 123 Å². The van der Waals surface area contributed by atoms with Crippen molar-refractivity contribution in [3.05, 3.63) is 35.4 Å². The summed E-state index contributed by atoms with van der Waals surface area (Å²) in [5, 5.41) is 10.1. The normalized spacial score (nSPS) is 13.2. The van der Waals surface area contributed by atoms with Crippen LogP contribution in [0.5, 0.6) is 0 Å². The van der Waals surface area contributed by atoms with E-state index in [0.717, 1.165) is 19.5 Å². The van der Waals surface area contributed by atoms with Crippen LogP contribution in [-0.4, -0.2) is 41.9 Å². The molecule has 1 atom stereocenters. The van der Waals surface area contributed by atoms with Gasteiger partial charge in [-0.25, -0.2) is 0 Å². The average Bonchev–Trinajstić information content (AvgIpc) is 2.39. The number of aryl methyl sites for hydroxylation is 1. The van der Waals surface area contributed by atoms with Crippen LogP contribution in [-0.2, 0) is 11.3 Å². The zero-order valence-corrected chi connectivity index (χ0v) is 13.3. The summed E-state index contributed by atoms with van der Waals surface area (Å²) in [6.45, 7) is 11.2. The van der Waals surface area contributed by atoms with E-state index in [4.69, 9.17) is 4.74 Å². The van der Waals surface area contributed by atoms with Gasteiger partial charge in [0.15, 0.2) is 0 Å². The van der Waals surface area contributed by atoms with Crippen LogP contribution in [0.2, 0.25) is 0 Å². The van der Waals surface area contributed by atoms with Crippen molar-refractivity contribution in [2.75, 3.05) is 19.7 Å². The highest BCUT2D eigenvalue weighted by atomic mass is 16.5. The lowest BCUT2D eigenvalue weighted by atomic mass is 10.1. The number of rotatable bonds is 9. The van der Waals surface area contributed by atoms with E-state index in [1.54, 1.807) is 0 Å². The van der Waals surface area contributed by atoms with Gasteiger partial charge in [-0.1, -0.05) is 31.2 Å². The monoisotopic (exact) mass is 279 g/mol. The van der Waals surface area contributed by atoms with Crippen molar-refractivity contribution >= 4 is 0 Å². The lowest BCUT2D eigenvalue weighted by molar-refractivity contribution is -0.00951. The van der Waals surface area contributed by atoms with E-state index in [9.17, 15) is 5.11 Å². The summed E-state index contributed by atoms with van der Waals surface area (Å²) in [5.74, 6) is 0. The first-order valence-electron chi connectivity index (χ1n) is 7.59. The van der Waals surface area contributed by atoms with E-state index >= 15 is 0 Å². The molecule has 0 unspecified atom stereocenters. The third-order valence-electron chi connectivity index (χ3n) is 3.29. The average molecular weight is 279 g/mol. The Morgan fingerprint density at radius 1 is 1.25 bits per heavy atom. The predicted molar refractivity (Wildman–Crippen MR) is 83.8 cm³/mol. The van der Waals surface area contributed by atoms with Gasteiger partial charge in [0, 0.05) is 13.1 Å². The number of hydrogen-bond donors (Lipinski definition) is 1. The SMILES string of the molecule is CCCN(Cc1ccccc1C)C[C@H](O)COC(C)C. The largest absolute Gasteiger partial charge is 0.389 e. The molecule has 0 aromatic heterocycles.